The van der Waals surface area contributed by atoms with Crippen LogP contribution in [-0.4, -0.2) is 37.2 Å². The topological polar surface area (TPSA) is 56.8 Å². The van der Waals surface area contributed by atoms with E-state index in [-0.39, 0.29) is 18.4 Å². The van der Waals surface area contributed by atoms with E-state index in [1.54, 1.807) is 0 Å². The van der Waals surface area contributed by atoms with E-state index in [0.29, 0.717) is 30.5 Å². The molecule has 1 amide bonds. The van der Waals surface area contributed by atoms with Gasteiger partial charge in [-0.1, -0.05) is 26.0 Å². The summed E-state index contributed by atoms with van der Waals surface area (Å²) in [5.74, 6) is 1.78. The minimum absolute atomic E-state index is 0.0828. The second kappa shape index (κ2) is 7.51. The van der Waals surface area contributed by atoms with Gasteiger partial charge in [0.2, 0.25) is 0 Å². The number of carbonyl (C=O) groups excluding carboxylic acids is 1. The Hall–Kier alpha value is -1.07. The van der Waals surface area contributed by atoms with E-state index in [0.717, 1.165) is 18.8 Å². The number of rotatable bonds is 5. The van der Waals surface area contributed by atoms with Crippen LogP contribution in [0.1, 0.15) is 60.3 Å². The average Bonchev–Trinajstić information content (AvgIpc) is 3.03. The molecule has 0 aromatic carbocycles. The van der Waals surface area contributed by atoms with Crippen LogP contribution in [-0.2, 0) is 14.2 Å². The van der Waals surface area contributed by atoms with Crippen molar-refractivity contribution in [3.8, 4) is 0 Å². The maximum atomic E-state index is 12.4. The lowest BCUT2D eigenvalue weighted by Gasteiger charge is -2.62. The summed E-state index contributed by atoms with van der Waals surface area (Å²) in [4.78, 5) is 12.4. The van der Waals surface area contributed by atoms with Crippen molar-refractivity contribution in [2.45, 2.75) is 78.2 Å². The van der Waals surface area contributed by atoms with E-state index in [1.807, 2.05) is 20.8 Å². The zero-order chi connectivity index (χ0) is 18.9. The van der Waals surface area contributed by atoms with Crippen molar-refractivity contribution in [2.24, 2.45) is 23.2 Å². The second-order valence-electron chi connectivity index (χ2n) is 9.64. The maximum Gasteiger partial charge on any atom is 0.407 e. The SMILES string of the molecule is CC(C)(C)OC(=O)N[C@@H]1[C@@H](CC=CCC2OCCO2)C[C@H]2C[C@@H]1C2(C)C. The Balaban J connectivity index is 1.57. The van der Waals surface area contributed by atoms with Gasteiger partial charge in [0, 0.05) is 12.5 Å². The van der Waals surface area contributed by atoms with Crippen molar-refractivity contribution < 1.29 is 19.0 Å². The van der Waals surface area contributed by atoms with Gasteiger partial charge in [0.25, 0.3) is 0 Å². The summed E-state index contributed by atoms with van der Waals surface area (Å²) in [5.41, 5.74) is -0.154. The molecule has 0 aromatic heterocycles. The van der Waals surface area contributed by atoms with E-state index in [4.69, 9.17) is 14.2 Å². The van der Waals surface area contributed by atoms with Gasteiger partial charge in [0.15, 0.2) is 6.29 Å². The maximum absolute atomic E-state index is 12.4. The molecule has 0 aromatic rings. The van der Waals surface area contributed by atoms with Crippen molar-refractivity contribution in [1.82, 2.24) is 5.32 Å². The average molecular weight is 366 g/mol. The molecule has 4 aliphatic rings. The molecule has 1 N–H and O–H groups in total. The summed E-state index contributed by atoms with van der Waals surface area (Å²) in [7, 11) is 0. The molecule has 3 aliphatic carbocycles. The summed E-state index contributed by atoms with van der Waals surface area (Å²) in [6, 6.07) is 0.188. The molecular formula is C21H35NO4. The van der Waals surface area contributed by atoms with Crippen LogP contribution >= 0.6 is 0 Å². The molecule has 4 rings (SSSR count). The quantitative estimate of drug-likeness (QED) is 0.739. The summed E-state index contributed by atoms with van der Waals surface area (Å²) < 4.78 is 16.5. The molecular weight excluding hydrogens is 330 g/mol. The fraction of sp³-hybridized carbons (Fsp3) is 0.857. The first kappa shape index (κ1) is 19.7. The van der Waals surface area contributed by atoms with Gasteiger partial charge in [-0.25, -0.2) is 4.79 Å². The van der Waals surface area contributed by atoms with Crippen molar-refractivity contribution in [2.75, 3.05) is 13.2 Å². The Labute approximate surface area is 157 Å². The highest BCUT2D eigenvalue weighted by molar-refractivity contribution is 5.68. The number of amides is 1. The van der Waals surface area contributed by atoms with Crippen molar-refractivity contribution in [3.63, 3.8) is 0 Å². The van der Waals surface area contributed by atoms with Gasteiger partial charge in [0.1, 0.15) is 5.60 Å². The van der Waals surface area contributed by atoms with E-state index >= 15 is 0 Å². The number of nitrogens with one attached hydrogen (secondary N) is 1. The Morgan fingerprint density at radius 3 is 2.42 bits per heavy atom. The molecule has 26 heavy (non-hydrogen) atoms. The van der Waals surface area contributed by atoms with Gasteiger partial charge < -0.3 is 19.5 Å². The fourth-order valence-electron chi connectivity index (χ4n) is 4.83. The number of ether oxygens (including phenoxy) is 3. The van der Waals surface area contributed by atoms with E-state index in [9.17, 15) is 4.79 Å². The predicted octanol–water partition coefficient (Wildman–Crippen LogP) is 4.27. The molecule has 1 heterocycles. The number of hydrogen-bond donors (Lipinski definition) is 1. The van der Waals surface area contributed by atoms with Gasteiger partial charge in [-0.05, 0) is 63.2 Å². The number of carbonyl (C=O) groups is 1. The van der Waals surface area contributed by atoms with Gasteiger partial charge >= 0.3 is 6.09 Å². The minimum Gasteiger partial charge on any atom is -0.444 e. The Kier molecular flexibility index (Phi) is 5.69. The summed E-state index contributed by atoms with van der Waals surface area (Å²) in [6.45, 7) is 11.8. The van der Waals surface area contributed by atoms with Crippen molar-refractivity contribution in [3.05, 3.63) is 12.2 Å². The highest BCUT2D eigenvalue weighted by Gasteiger charge is 2.57. The number of hydrogen-bond acceptors (Lipinski definition) is 4. The van der Waals surface area contributed by atoms with E-state index in [1.165, 1.54) is 12.8 Å². The predicted molar refractivity (Wildman–Crippen MR) is 101 cm³/mol. The minimum atomic E-state index is -0.465. The smallest absolute Gasteiger partial charge is 0.407 e. The summed E-state index contributed by atoms with van der Waals surface area (Å²) in [6.07, 6.45) is 8.20. The molecule has 0 spiro atoms. The molecule has 4 atom stereocenters. The zero-order valence-electron chi connectivity index (χ0n) is 16.9. The largest absolute Gasteiger partial charge is 0.444 e. The molecule has 4 fully saturated rings. The first-order chi connectivity index (χ1) is 12.2. The monoisotopic (exact) mass is 365 g/mol. The van der Waals surface area contributed by atoms with E-state index in [2.05, 4.69) is 31.3 Å². The van der Waals surface area contributed by atoms with Crippen LogP contribution in [0.25, 0.3) is 0 Å². The van der Waals surface area contributed by atoms with Gasteiger partial charge in [-0.3, -0.25) is 0 Å². The van der Waals surface area contributed by atoms with Crippen LogP contribution in [0.5, 0.6) is 0 Å². The van der Waals surface area contributed by atoms with Gasteiger partial charge in [-0.15, -0.1) is 0 Å². The lowest BCUT2D eigenvalue weighted by atomic mass is 9.44. The van der Waals surface area contributed by atoms with Gasteiger partial charge in [0.05, 0.1) is 13.2 Å². The Bertz CT molecular complexity index is 531. The lowest BCUT2D eigenvalue weighted by Crippen LogP contribution is -2.63. The van der Waals surface area contributed by atoms with Crippen LogP contribution in [0.15, 0.2) is 12.2 Å². The molecule has 148 valence electrons. The summed E-state index contributed by atoms with van der Waals surface area (Å²) >= 11 is 0. The van der Waals surface area contributed by atoms with Crippen molar-refractivity contribution in [1.29, 1.82) is 0 Å². The van der Waals surface area contributed by atoms with Crippen LogP contribution in [0.3, 0.4) is 0 Å². The molecule has 5 nitrogen and oxygen atoms in total. The first-order valence-corrected chi connectivity index (χ1v) is 10.0. The third-order valence-corrected chi connectivity index (χ3v) is 6.38. The molecule has 3 saturated carbocycles. The van der Waals surface area contributed by atoms with E-state index < -0.39 is 5.60 Å². The third-order valence-electron chi connectivity index (χ3n) is 6.38. The van der Waals surface area contributed by atoms with Crippen LogP contribution in [0.4, 0.5) is 4.79 Å². The Morgan fingerprint density at radius 2 is 1.81 bits per heavy atom. The van der Waals surface area contributed by atoms with Crippen LogP contribution < -0.4 is 5.32 Å². The molecule has 5 heteroatoms. The third kappa shape index (κ3) is 4.42. The summed E-state index contributed by atoms with van der Waals surface area (Å²) in [5, 5.41) is 3.21. The molecule has 0 radical (unpaired) electrons. The molecule has 2 bridgehead atoms. The number of allylic oxidation sites excluding steroid dienone is 1. The molecule has 0 unspecified atom stereocenters. The second-order valence-corrected chi connectivity index (χ2v) is 9.64. The zero-order valence-corrected chi connectivity index (χ0v) is 16.9. The van der Waals surface area contributed by atoms with Crippen LogP contribution in [0, 0.1) is 23.2 Å². The number of alkyl carbamates (subject to hydrolysis) is 1. The molecule has 1 aliphatic heterocycles. The fourth-order valence-corrected chi connectivity index (χ4v) is 4.83. The van der Waals surface area contributed by atoms with Crippen molar-refractivity contribution >= 4 is 6.09 Å². The highest BCUT2D eigenvalue weighted by atomic mass is 16.7. The van der Waals surface area contributed by atoms with Gasteiger partial charge in [-0.2, -0.15) is 0 Å². The Morgan fingerprint density at radius 1 is 1.15 bits per heavy atom. The highest BCUT2D eigenvalue weighted by Crippen LogP contribution is 2.61. The number of fused-ring (bicyclic) bond motifs is 2. The first-order valence-electron chi connectivity index (χ1n) is 10.0. The normalized spacial score (nSPS) is 33.9. The van der Waals surface area contributed by atoms with Crippen LogP contribution in [0.2, 0.25) is 0 Å². The molecule has 1 saturated heterocycles. The lowest BCUT2D eigenvalue weighted by molar-refractivity contribution is -0.113. The standard InChI is InChI=1S/C21H35NO4/c1-20(2,3)26-19(23)22-18-14(12-15-13-16(18)21(15,4)5)8-6-7-9-17-24-10-11-25-17/h6-7,14-18H,8-13H2,1-5H3,(H,22,23)/t14-,15-,16-,18+/m0/s1.